The maximum atomic E-state index is 12.5. The minimum absolute atomic E-state index is 0.239. The fourth-order valence-electron chi connectivity index (χ4n) is 3.09. The van der Waals surface area contributed by atoms with E-state index in [9.17, 15) is 4.79 Å². The Morgan fingerprint density at radius 3 is 2.74 bits per heavy atom. The number of aryl methyl sites for hydroxylation is 1. The Morgan fingerprint density at radius 2 is 2.00 bits per heavy atom. The standard InChI is InChI=1S/C19H23N3O/c1-21-12-13-22(15-18(21)17-7-3-2-4-8-17)19(23)10-9-16-6-5-11-20-14-16/h2-8,11,14,18H,9-10,12-13,15H2,1H3/t18-/m1/s1. The Balaban J connectivity index is 1.60. The van der Waals surface area contributed by atoms with Gasteiger partial charge < -0.3 is 4.90 Å². The second-order valence-corrected chi connectivity index (χ2v) is 6.11. The first-order valence-electron chi connectivity index (χ1n) is 8.16. The first kappa shape index (κ1) is 15.7. The number of piperazine rings is 1. The highest BCUT2D eigenvalue weighted by molar-refractivity contribution is 5.76. The first-order valence-corrected chi connectivity index (χ1v) is 8.16. The summed E-state index contributed by atoms with van der Waals surface area (Å²) in [5, 5.41) is 0. The van der Waals surface area contributed by atoms with Crippen molar-refractivity contribution in [3.63, 3.8) is 0 Å². The molecule has 2 aromatic rings. The summed E-state index contributed by atoms with van der Waals surface area (Å²) in [7, 11) is 2.13. The summed E-state index contributed by atoms with van der Waals surface area (Å²) >= 11 is 0. The molecule has 0 spiro atoms. The predicted octanol–water partition coefficient (Wildman–Crippen LogP) is 2.53. The Kier molecular flexibility index (Phi) is 5.03. The molecule has 0 saturated carbocycles. The number of pyridine rings is 1. The zero-order chi connectivity index (χ0) is 16.1. The van der Waals surface area contributed by atoms with E-state index in [0.29, 0.717) is 6.42 Å². The van der Waals surface area contributed by atoms with E-state index in [1.54, 1.807) is 6.20 Å². The Bertz CT molecular complexity index is 630. The maximum Gasteiger partial charge on any atom is 0.223 e. The first-order chi connectivity index (χ1) is 11.2. The van der Waals surface area contributed by atoms with Gasteiger partial charge in [-0.2, -0.15) is 0 Å². The monoisotopic (exact) mass is 309 g/mol. The zero-order valence-electron chi connectivity index (χ0n) is 13.6. The van der Waals surface area contributed by atoms with E-state index in [1.807, 2.05) is 29.3 Å². The van der Waals surface area contributed by atoms with E-state index in [2.05, 4.69) is 41.2 Å². The number of amides is 1. The van der Waals surface area contributed by atoms with Gasteiger partial charge in [0.05, 0.1) is 6.04 Å². The Labute approximate surface area is 137 Å². The van der Waals surface area contributed by atoms with Crippen LogP contribution in [0.2, 0.25) is 0 Å². The van der Waals surface area contributed by atoms with Crippen LogP contribution in [0.15, 0.2) is 54.9 Å². The molecule has 120 valence electrons. The van der Waals surface area contributed by atoms with E-state index in [4.69, 9.17) is 0 Å². The Morgan fingerprint density at radius 1 is 1.17 bits per heavy atom. The molecule has 4 nitrogen and oxygen atoms in total. The second-order valence-electron chi connectivity index (χ2n) is 6.11. The molecular formula is C19H23N3O. The van der Waals surface area contributed by atoms with Crippen LogP contribution in [0.3, 0.4) is 0 Å². The summed E-state index contributed by atoms with van der Waals surface area (Å²) in [4.78, 5) is 21.0. The van der Waals surface area contributed by atoms with Gasteiger partial charge in [0.1, 0.15) is 0 Å². The molecule has 23 heavy (non-hydrogen) atoms. The van der Waals surface area contributed by atoms with Crippen LogP contribution in [0, 0.1) is 0 Å². The molecule has 1 aliphatic heterocycles. The average Bonchev–Trinajstić information content (AvgIpc) is 2.62. The molecule has 0 aliphatic carbocycles. The molecule has 1 fully saturated rings. The highest BCUT2D eigenvalue weighted by Crippen LogP contribution is 2.24. The van der Waals surface area contributed by atoms with Crippen molar-refractivity contribution in [3.8, 4) is 0 Å². The van der Waals surface area contributed by atoms with E-state index in [1.165, 1.54) is 5.56 Å². The van der Waals surface area contributed by atoms with Gasteiger partial charge in [-0.15, -0.1) is 0 Å². The summed E-state index contributed by atoms with van der Waals surface area (Å²) in [5.41, 5.74) is 2.40. The average molecular weight is 309 g/mol. The van der Waals surface area contributed by atoms with Gasteiger partial charge in [0.25, 0.3) is 0 Å². The number of rotatable bonds is 4. The maximum absolute atomic E-state index is 12.5. The van der Waals surface area contributed by atoms with Crippen LogP contribution in [0.4, 0.5) is 0 Å². The number of hydrogen-bond acceptors (Lipinski definition) is 3. The number of likely N-dealkylation sites (N-methyl/N-ethyl adjacent to an activating group) is 1. The van der Waals surface area contributed by atoms with Gasteiger partial charge in [-0.1, -0.05) is 36.4 Å². The highest BCUT2D eigenvalue weighted by Gasteiger charge is 2.27. The van der Waals surface area contributed by atoms with E-state index in [0.717, 1.165) is 31.6 Å². The van der Waals surface area contributed by atoms with Crippen LogP contribution in [0.5, 0.6) is 0 Å². The van der Waals surface area contributed by atoms with Crippen LogP contribution in [-0.2, 0) is 11.2 Å². The Hall–Kier alpha value is -2.20. The molecule has 0 bridgehead atoms. The molecule has 1 aromatic heterocycles. The molecule has 2 heterocycles. The summed E-state index contributed by atoms with van der Waals surface area (Å²) < 4.78 is 0. The molecule has 1 aliphatic rings. The van der Waals surface area contributed by atoms with E-state index in [-0.39, 0.29) is 11.9 Å². The van der Waals surface area contributed by atoms with Crippen molar-refractivity contribution in [1.29, 1.82) is 0 Å². The van der Waals surface area contributed by atoms with Gasteiger partial charge in [-0.05, 0) is 30.7 Å². The van der Waals surface area contributed by atoms with Gasteiger partial charge in [-0.3, -0.25) is 14.7 Å². The molecule has 1 atom stereocenters. The van der Waals surface area contributed by atoms with Crippen molar-refractivity contribution in [3.05, 3.63) is 66.0 Å². The molecule has 4 heteroatoms. The lowest BCUT2D eigenvalue weighted by molar-refractivity contribution is -0.134. The van der Waals surface area contributed by atoms with Gasteiger partial charge in [0.15, 0.2) is 0 Å². The summed E-state index contributed by atoms with van der Waals surface area (Å²) in [5.74, 6) is 0.239. The largest absolute Gasteiger partial charge is 0.339 e. The zero-order valence-corrected chi connectivity index (χ0v) is 13.6. The van der Waals surface area contributed by atoms with E-state index >= 15 is 0 Å². The fraction of sp³-hybridized carbons (Fsp3) is 0.368. The smallest absolute Gasteiger partial charge is 0.223 e. The lowest BCUT2D eigenvalue weighted by Gasteiger charge is -2.39. The number of benzene rings is 1. The van der Waals surface area contributed by atoms with Crippen molar-refractivity contribution in [1.82, 2.24) is 14.8 Å². The number of carbonyl (C=O) groups excluding carboxylic acids is 1. The molecule has 0 radical (unpaired) electrons. The third kappa shape index (κ3) is 3.96. The summed E-state index contributed by atoms with van der Waals surface area (Å²) in [6.07, 6.45) is 4.91. The van der Waals surface area contributed by atoms with Crippen LogP contribution >= 0.6 is 0 Å². The number of aromatic nitrogens is 1. The molecule has 0 unspecified atom stereocenters. The second kappa shape index (κ2) is 7.38. The van der Waals surface area contributed by atoms with Gasteiger partial charge >= 0.3 is 0 Å². The topological polar surface area (TPSA) is 36.4 Å². The third-order valence-electron chi connectivity index (χ3n) is 4.54. The number of nitrogens with zero attached hydrogens (tertiary/aromatic N) is 3. The SMILES string of the molecule is CN1CCN(C(=O)CCc2cccnc2)C[C@@H]1c1ccccc1. The van der Waals surface area contributed by atoms with Crippen molar-refractivity contribution in [2.24, 2.45) is 0 Å². The predicted molar refractivity (Wildman–Crippen MR) is 91.0 cm³/mol. The van der Waals surface area contributed by atoms with Crippen LogP contribution in [0.1, 0.15) is 23.6 Å². The molecule has 0 N–H and O–H groups in total. The van der Waals surface area contributed by atoms with Crippen molar-refractivity contribution in [2.75, 3.05) is 26.7 Å². The lowest BCUT2D eigenvalue weighted by Crippen LogP contribution is -2.49. The van der Waals surface area contributed by atoms with Crippen LogP contribution in [0.25, 0.3) is 0 Å². The minimum atomic E-state index is 0.239. The molecule has 1 amide bonds. The minimum Gasteiger partial charge on any atom is -0.339 e. The van der Waals surface area contributed by atoms with Crippen LogP contribution in [-0.4, -0.2) is 47.4 Å². The lowest BCUT2D eigenvalue weighted by atomic mass is 10.0. The van der Waals surface area contributed by atoms with Gasteiger partial charge in [0, 0.05) is 38.4 Å². The quantitative estimate of drug-likeness (QED) is 0.871. The van der Waals surface area contributed by atoms with E-state index < -0.39 is 0 Å². The third-order valence-corrected chi connectivity index (χ3v) is 4.54. The van der Waals surface area contributed by atoms with Gasteiger partial charge in [-0.25, -0.2) is 0 Å². The normalized spacial score (nSPS) is 18.8. The van der Waals surface area contributed by atoms with Crippen LogP contribution < -0.4 is 0 Å². The molecule has 1 saturated heterocycles. The number of carbonyl (C=O) groups is 1. The summed E-state index contributed by atoms with van der Waals surface area (Å²) in [6.45, 7) is 2.50. The summed E-state index contributed by atoms with van der Waals surface area (Å²) in [6, 6.07) is 14.7. The van der Waals surface area contributed by atoms with Crippen molar-refractivity contribution in [2.45, 2.75) is 18.9 Å². The fourth-order valence-corrected chi connectivity index (χ4v) is 3.09. The van der Waals surface area contributed by atoms with Crippen molar-refractivity contribution >= 4 is 5.91 Å². The molecular weight excluding hydrogens is 286 g/mol. The molecule has 3 rings (SSSR count). The molecule has 1 aromatic carbocycles. The highest BCUT2D eigenvalue weighted by atomic mass is 16.2. The van der Waals surface area contributed by atoms with Gasteiger partial charge in [0.2, 0.25) is 5.91 Å². The number of hydrogen-bond donors (Lipinski definition) is 0. The van der Waals surface area contributed by atoms with Crippen molar-refractivity contribution < 1.29 is 4.79 Å².